The number of hydrogen-bond acceptors (Lipinski definition) is 4. The van der Waals surface area contributed by atoms with Crippen LogP contribution in [0.25, 0.3) is 0 Å². The van der Waals surface area contributed by atoms with Crippen LogP contribution in [0.2, 0.25) is 0 Å². The molecular formula is C13H28N2O2S. The zero-order chi connectivity index (χ0) is 14.0. The molecule has 108 valence electrons. The zero-order valence-electron chi connectivity index (χ0n) is 11.9. The lowest BCUT2D eigenvalue weighted by molar-refractivity contribution is -0.123. The maximum atomic E-state index is 11.8. The van der Waals surface area contributed by atoms with Gasteiger partial charge in [0.1, 0.15) is 0 Å². The largest absolute Gasteiger partial charge is 0.396 e. The van der Waals surface area contributed by atoms with Gasteiger partial charge in [-0.1, -0.05) is 13.8 Å². The van der Waals surface area contributed by atoms with Crippen LogP contribution in [0.4, 0.5) is 0 Å². The van der Waals surface area contributed by atoms with E-state index in [-0.39, 0.29) is 17.9 Å². The minimum Gasteiger partial charge on any atom is -0.396 e. The molecule has 0 aliphatic heterocycles. The molecule has 0 saturated carbocycles. The number of carbonyl (C=O) groups excluding carboxylic acids is 1. The van der Waals surface area contributed by atoms with Crippen LogP contribution >= 0.6 is 11.8 Å². The summed E-state index contributed by atoms with van der Waals surface area (Å²) in [4.78, 5) is 11.8. The summed E-state index contributed by atoms with van der Waals surface area (Å²) >= 11 is 1.70. The number of rotatable bonds is 10. The molecule has 1 atom stereocenters. The fourth-order valence-corrected chi connectivity index (χ4v) is 2.45. The molecule has 1 amide bonds. The number of thioether (sulfide) groups is 1. The average Bonchev–Trinajstić information content (AvgIpc) is 2.40. The zero-order valence-corrected chi connectivity index (χ0v) is 12.7. The van der Waals surface area contributed by atoms with Crippen molar-refractivity contribution in [2.45, 2.75) is 45.6 Å². The van der Waals surface area contributed by atoms with E-state index >= 15 is 0 Å². The van der Waals surface area contributed by atoms with Crippen LogP contribution in [-0.4, -0.2) is 42.2 Å². The Morgan fingerprint density at radius 2 is 2.06 bits per heavy atom. The Bertz CT molecular complexity index is 233. The molecule has 18 heavy (non-hydrogen) atoms. The molecule has 0 rings (SSSR count). The minimum absolute atomic E-state index is 0.00361. The Kier molecular flexibility index (Phi) is 9.50. The van der Waals surface area contributed by atoms with Crippen molar-refractivity contribution < 1.29 is 9.90 Å². The quantitative estimate of drug-likeness (QED) is 0.563. The smallest absolute Gasteiger partial charge is 0.236 e. The molecule has 0 unspecified atom stereocenters. The molecule has 0 aromatic rings. The van der Waals surface area contributed by atoms with E-state index in [4.69, 9.17) is 10.8 Å². The molecule has 0 aromatic carbocycles. The monoisotopic (exact) mass is 276 g/mol. The molecule has 0 aliphatic carbocycles. The van der Waals surface area contributed by atoms with Crippen LogP contribution in [0, 0.1) is 5.41 Å². The van der Waals surface area contributed by atoms with Crippen LogP contribution in [0.1, 0.15) is 39.5 Å². The van der Waals surface area contributed by atoms with Crippen LogP contribution in [0.5, 0.6) is 0 Å². The summed E-state index contributed by atoms with van der Waals surface area (Å²) in [6, 6.07) is -0.419. The van der Waals surface area contributed by atoms with Crippen molar-refractivity contribution in [1.82, 2.24) is 5.32 Å². The molecule has 5 heteroatoms. The van der Waals surface area contributed by atoms with E-state index in [0.717, 1.165) is 25.0 Å². The van der Waals surface area contributed by atoms with E-state index in [2.05, 4.69) is 19.2 Å². The molecule has 0 bridgehead atoms. The first-order valence-corrected chi connectivity index (χ1v) is 8.07. The molecular weight excluding hydrogens is 248 g/mol. The number of aliphatic hydroxyl groups is 1. The summed E-state index contributed by atoms with van der Waals surface area (Å²) in [5.74, 6) is 0.825. The first-order chi connectivity index (χ1) is 8.55. The molecule has 0 aromatic heterocycles. The molecule has 0 heterocycles. The lowest BCUT2D eigenvalue weighted by atomic mass is 9.79. The van der Waals surface area contributed by atoms with Gasteiger partial charge in [-0.3, -0.25) is 4.79 Å². The van der Waals surface area contributed by atoms with Gasteiger partial charge in [-0.25, -0.2) is 0 Å². The summed E-state index contributed by atoms with van der Waals surface area (Å²) in [6.45, 7) is 4.96. The van der Waals surface area contributed by atoms with Gasteiger partial charge in [0.15, 0.2) is 0 Å². The van der Waals surface area contributed by atoms with Gasteiger partial charge in [0.05, 0.1) is 6.04 Å². The third kappa shape index (κ3) is 6.07. The summed E-state index contributed by atoms with van der Waals surface area (Å²) in [5.41, 5.74) is 5.82. The highest BCUT2D eigenvalue weighted by Crippen LogP contribution is 2.29. The molecule has 0 saturated heterocycles. The first kappa shape index (κ1) is 17.7. The van der Waals surface area contributed by atoms with Gasteiger partial charge in [-0.15, -0.1) is 0 Å². The first-order valence-electron chi connectivity index (χ1n) is 6.68. The third-order valence-electron chi connectivity index (χ3n) is 3.75. The van der Waals surface area contributed by atoms with Gasteiger partial charge in [0, 0.05) is 13.2 Å². The van der Waals surface area contributed by atoms with E-state index in [0.29, 0.717) is 13.0 Å². The van der Waals surface area contributed by atoms with Gasteiger partial charge in [0.2, 0.25) is 5.91 Å². The number of aliphatic hydroxyl groups excluding tert-OH is 1. The molecule has 0 radical (unpaired) electrons. The minimum atomic E-state index is -0.419. The third-order valence-corrected chi connectivity index (χ3v) is 4.39. The highest BCUT2D eigenvalue weighted by molar-refractivity contribution is 7.98. The topological polar surface area (TPSA) is 75.3 Å². The average molecular weight is 276 g/mol. The van der Waals surface area contributed by atoms with Crippen molar-refractivity contribution >= 4 is 17.7 Å². The Morgan fingerprint density at radius 1 is 1.44 bits per heavy atom. The van der Waals surface area contributed by atoms with Crippen molar-refractivity contribution in [3.05, 3.63) is 0 Å². The van der Waals surface area contributed by atoms with Crippen molar-refractivity contribution in [2.24, 2.45) is 11.1 Å². The van der Waals surface area contributed by atoms with Crippen molar-refractivity contribution in [1.29, 1.82) is 0 Å². The molecule has 4 N–H and O–H groups in total. The highest BCUT2D eigenvalue weighted by Gasteiger charge is 2.26. The second-order valence-electron chi connectivity index (χ2n) is 4.79. The SMILES string of the molecule is CCC(CC)(CCO)CNC(=O)[C@@H](N)CCSC. The van der Waals surface area contributed by atoms with Crippen LogP contribution < -0.4 is 11.1 Å². The number of amides is 1. The Labute approximate surface area is 115 Å². The van der Waals surface area contributed by atoms with Gasteiger partial charge in [-0.05, 0) is 43.1 Å². The van der Waals surface area contributed by atoms with Crippen molar-refractivity contribution in [3.8, 4) is 0 Å². The van der Waals surface area contributed by atoms with Gasteiger partial charge >= 0.3 is 0 Å². The second kappa shape index (κ2) is 9.64. The Morgan fingerprint density at radius 3 is 2.50 bits per heavy atom. The Hall–Kier alpha value is -0.260. The van der Waals surface area contributed by atoms with Crippen LogP contribution in [-0.2, 0) is 4.79 Å². The summed E-state index contributed by atoms with van der Waals surface area (Å²) in [5, 5.41) is 12.0. The number of nitrogens with two attached hydrogens (primary N) is 1. The lowest BCUT2D eigenvalue weighted by Crippen LogP contribution is -2.45. The van der Waals surface area contributed by atoms with E-state index in [9.17, 15) is 4.79 Å². The van der Waals surface area contributed by atoms with Crippen molar-refractivity contribution in [2.75, 3.05) is 25.2 Å². The Balaban J connectivity index is 4.21. The van der Waals surface area contributed by atoms with Gasteiger partial charge in [0.25, 0.3) is 0 Å². The van der Waals surface area contributed by atoms with E-state index in [1.165, 1.54) is 0 Å². The van der Waals surface area contributed by atoms with E-state index < -0.39 is 6.04 Å². The number of hydrogen-bond donors (Lipinski definition) is 3. The summed E-state index contributed by atoms with van der Waals surface area (Å²) in [6.07, 6.45) is 5.33. The number of nitrogens with one attached hydrogen (secondary N) is 1. The molecule has 0 fully saturated rings. The normalized spacial score (nSPS) is 13.4. The maximum Gasteiger partial charge on any atom is 0.236 e. The predicted molar refractivity (Wildman–Crippen MR) is 78.7 cm³/mol. The van der Waals surface area contributed by atoms with Crippen LogP contribution in [0.3, 0.4) is 0 Å². The summed E-state index contributed by atoms with van der Waals surface area (Å²) in [7, 11) is 0. The fraction of sp³-hybridized carbons (Fsp3) is 0.923. The van der Waals surface area contributed by atoms with Gasteiger partial charge < -0.3 is 16.2 Å². The highest BCUT2D eigenvalue weighted by atomic mass is 32.2. The fourth-order valence-electron chi connectivity index (χ4n) is 1.96. The van der Waals surface area contributed by atoms with Gasteiger partial charge in [-0.2, -0.15) is 11.8 Å². The molecule has 0 spiro atoms. The number of carbonyl (C=O) groups is 1. The lowest BCUT2D eigenvalue weighted by Gasteiger charge is -2.31. The second-order valence-corrected chi connectivity index (χ2v) is 5.77. The van der Waals surface area contributed by atoms with E-state index in [1.54, 1.807) is 11.8 Å². The standard InChI is InChI=1S/C13H28N2O2S/c1-4-13(5-2,7-8-16)10-15-12(17)11(14)6-9-18-3/h11,16H,4-10,14H2,1-3H3,(H,15,17)/t11-/m0/s1. The molecule has 0 aliphatic rings. The summed E-state index contributed by atoms with van der Waals surface area (Å²) < 4.78 is 0. The maximum absolute atomic E-state index is 11.8. The van der Waals surface area contributed by atoms with Crippen molar-refractivity contribution in [3.63, 3.8) is 0 Å². The van der Waals surface area contributed by atoms with Crippen LogP contribution in [0.15, 0.2) is 0 Å². The molecule has 4 nitrogen and oxygen atoms in total. The van der Waals surface area contributed by atoms with E-state index in [1.807, 2.05) is 6.26 Å². The predicted octanol–water partition coefficient (Wildman–Crippen LogP) is 1.37.